The maximum atomic E-state index is 6.06. The summed E-state index contributed by atoms with van der Waals surface area (Å²) >= 11 is 0. The second-order valence-corrected chi connectivity index (χ2v) is 19.8. The van der Waals surface area contributed by atoms with E-state index in [9.17, 15) is 0 Å². The number of aliphatic imine (C=N–C) groups is 4. The topological polar surface area (TPSA) is 65.0 Å². The molecule has 8 heteroatoms. The first-order chi connectivity index (χ1) is 35.6. The standard InChI is InChI=1S/C64H76N8/c1-5-9-13-21-37-69-41-25-17-29-56(69)54-47-53-46-51-34-33-49(65-51)45-50-35-36-52(66-50)48-55-60(57-30-18-26-42-70(57)38-22-14-10-6-2)61(58-31-19-27-43-71(58)39-23-15-11-7-3)64(68-55)62(63(54)67-53)59-32-20-28-44-72(59)40-24-16-12-8-4/h17-20,25-36,41-48H,5-16,21-24,37-40H2,1-4H3/q+4. The van der Waals surface area contributed by atoms with Gasteiger partial charge in [0.15, 0.2) is 24.8 Å². The number of hydrogen-bond acceptors (Lipinski definition) is 4. The lowest BCUT2D eigenvalue weighted by Gasteiger charge is -2.15. The Hall–Kier alpha value is -6.80. The number of nitrogens with zero attached hydrogens (tertiary/aromatic N) is 8. The number of hydrogen-bond donors (Lipinski definition) is 0. The molecule has 72 heavy (non-hydrogen) atoms. The predicted molar refractivity (Wildman–Crippen MR) is 297 cm³/mol. The van der Waals surface area contributed by atoms with E-state index in [0.29, 0.717) is 0 Å². The molecular formula is C64H76N8+4. The maximum absolute atomic E-state index is 6.06. The van der Waals surface area contributed by atoms with Crippen LogP contribution in [0.25, 0.3) is 22.3 Å². The van der Waals surface area contributed by atoms with Gasteiger partial charge in [-0.15, -0.1) is 0 Å². The fourth-order valence-corrected chi connectivity index (χ4v) is 10.5. The van der Waals surface area contributed by atoms with Gasteiger partial charge in [0.1, 0.15) is 26.2 Å². The third-order valence-corrected chi connectivity index (χ3v) is 14.3. The molecule has 0 radical (unpaired) electrons. The molecule has 0 spiro atoms. The molecular weight excluding hydrogens is 881 g/mol. The smallest absolute Gasteiger partial charge is 0.216 e. The first-order valence-electron chi connectivity index (χ1n) is 27.6. The van der Waals surface area contributed by atoms with Gasteiger partial charge in [-0.05, 0) is 98.6 Å². The Balaban J connectivity index is 1.40. The van der Waals surface area contributed by atoms with Crippen LogP contribution in [0.2, 0.25) is 0 Å². The van der Waals surface area contributed by atoms with Crippen LogP contribution in [0.15, 0.2) is 189 Å². The monoisotopic (exact) mass is 957 g/mol. The van der Waals surface area contributed by atoms with Crippen LogP contribution in [-0.4, -0.2) is 22.8 Å². The highest BCUT2D eigenvalue weighted by Crippen LogP contribution is 2.44. The molecule has 9 heterocycles. The van der Waals surface area contributed by atoms with Crippen molar-refractivity contribution >= 4 is 45.1 Å². The van der Waals surface area contributed by atoms with Gasteiger partial charge < -0.3 is 0 Å². The molecule has 0 unspecified atom stereocenters. The Bertz CT molecular complexity index is 3010. The number of aryl methyl sites for hydroxylation is 4. The number of pyridine rings is 4. The molecule has 0 atom stereocenters. The van der Waals surface area contributed by atoms with E-state index in [-0.39, 0.29) is 0 Å². The van der Waals surface area contributed by atoms with Crippen LogP contribution in [-0.2, 0) is 26.2 Å². The number of rotatable bonds is 24. The van der Waals surface area contributed by atoms with Crippen LogP contribution in [0.3, 0.4) is 0 Å². The van der Waals surface area contributed by atoms with Crippen LogP contribution >= 0.6 is 0 Å². The zero-order chi connectivity index (χ0) is 49.5. The van der Waals surface area contributed by atoms with Crippen molar-refractivity contribution < 1.29 is 18.3 Å². The highest BCUT2D eigenvalue weighted by molar-refractivity contribution is 6.49. The zero-order valence-electron chi connectivity index (χ0n) is 43.6. The van der Waals surface area contributed by atoms with Crippen LogP contribution in [0.5, 0.6) is 0 Å². The molecule has 0 fully saturated rings. The molecule has 0 aromatic carbocycles. The third-order valence-electron chi connectivity index (χ3n) is 14.3. The minimum atomic E-state index is 0.865. The molecule has 0 saturated heterocycles. The van der Waals surface area contributed by atoms with Crippen molar-refractivity contribution in [2.45, 2.75) is 157 Å². The van der Waals surface area contributed by atoms with Crippen LogP contribution in [0.1, 0.15) is 153 Å². The molecule has 9 rings (SSSR count). The van der Waals surface area contributed by atoms with Crippen molar-refractivity contribution in [3.05, 3.63) is 192 Å². The Kier molecular flexibility index (Phi) is 17.4. The molecule has 0 amide bonds. The number of aromatic nitrogens is 4. The quantitative estimate of drug-likeness (QED) is 0.0496. The fourth-order valence-electron chi connectivity index (χ4n) is 10.5. The minimum Gasteiger partial charge on any atom is -0.249 e. The summed E-state index contributed by atoms with van der Waals surface area (Å²) < 4.78 is 9.90. The van der Waals surface area contributed by atoms with Crippen LogP contribution in [0.4, 0.5) is 0 Å². The SMILES string of the molecule is CCCCCC[n+]1ccccc1C1=CC2=CC3=NC(=CC4=NC(=CC5=NC(=C(c6cccc[n+]6CCCCCC)C1=N2)C(c1cccc[n+]1CCCCCC)=C5c1cccc[n+]1CCCCCC)C=C4)C=C3. The molecule has 4 aromatic heterocycles. The number of fused-ring (bicyclic) bond motifs is 4. The molecule has 0 aliphatic carbocycles. The van der Waals surface area contributed by atoms with E-state index in [0.717, 1.165) is 143 Å². The highest BCUT2D eigenvalue weighted by atomic mass is 15.0. The molecule has 5 aliphatic rings. The second kappa shape index (κ2) is 25.0. The first-order valence-corrected chi connectivity index (χ1v) is 27.6. The lowest BCUT2D eigenvalue weighted by Crippen LogP contribution is -2.41. The van der Waals surface area contributed by atoms with E-state index in [1.54, 1.807) is 0 Å². The molecule has 8 nitrogen and oxygen atoms in total. The van der Waals surface area contributed by atoms with Gasteiger partial charge in [-0.25, -0.2) is 20.0 Å². The second-order valence-electron chi connectivity index (χ2n) is 19.8. The van der Waals surface area contributed by atoms with E-state index >= 15 is 0 Å². The van der Waals surface area contributed by atoms with E-state index in [1.165, 1.54) is 77.0 Å². The molecule has 5 aliphatic heterocycles. The Morgan fingerprint density at radius 3 is 1.25 bits per heavy atom. The van der Waals surface area contributed by atoms with E-state index in [2.05, 4.69) is 192 Å². The van der Waals surface area contributed by atoms with Gasteiger partial charge in [0, 0.05) is 74.2 Å². The van der Waals surface area contributed by atoms with Crippen molar-refractivity contribution in [3.8, 4) is 0 Å². The lowest BCUT2D eigenvalue weighted by molar-refractivity contribution is -0.700. The summed E-state index contributed by atoms with van der Waals surface area (Å²) in [5.74, 6) is 0. The number of unbranched alkanes of at least 4 members (excludes halogenated alkanes) is 12. The minimum absolute atomic E-state index is 0.865. The Labute approximate surface area is 429 Å². The van der Waals surface area contributed by atoms with Crippen molar-refractivity contribution in [1.82, 2.24) is 0 Å². The Morgan fingerprint density at radius 1 is 0.347 bits per heavy atom. The first kappa shape index (κ1) is 50.2. The highest BCUT2D eigenvalue weighted by Gasteiger charge is 2.41. The molecule has 8 bridgehead atoms. The average Bonchev–Trinajstić information content (AvgIpc) is 4.23. The van der Waals surface area contributed by atoms with Crippen molar-refractivity contribution in [2.24, 2.45) is 20.0 Å². The van der Waals surface area contributed by atoms with Crippen molar-refractivity contribution in [1.29, 1.82) is 0 Å². The van der Waals surface area contributed by atoms with Crippen molar-refractivity contribution in [2.75, 3.05) is 0 Å². The zero-order valence-corrected chi connectivity index (χ0v) is 43.6. The van der Waals surface area contributed by atoms with E-state index in [4.69, 9.17) is 20.0 Å². The van der Waals surface area contributed by atoms with Gasteiger partial charge in [0.25, 0.3) is 0 Å². The van der Waals surface area contributed by atoms with Crippen LogP contribution in [0, 0.1) is 0 Å². The summed E-state index contributed by atoms with van der Waals surface area (Å²) in [7, 11) is 0. The van der Waals surface area contributed by atoms with Gasteiger partial charge in [0.2, 0.25) is 22.8 Å². The summed E-state index contributed by atoms with van der Waals surface area (Å²) in [4.78, 5) is 22.2. The van der Waals surface area contributed by atoms with Gasteiger partial charge >= 0.3 is 0 Å². The Morgan fingerprint density at radius 2 is 0.764 bits per heavy atom. The van der Waals surface area contributed by atoms with Gasteiger partial charge in [-0.1, -0.05) is 79.1 Å². The lowest BCUT2D eigenvalue weighted by atomic mass is 9.89. The predicted octanol–water partition coefficient (Wildman–Crippen LogP) is 13.2. The van der Waals surface area contributed by atoms with Gasteiger partial charge in [-0.2, -0.15) is 18.3 Å². The summed E-state index contributed by atoms with van der Waals surface area (Å²) in [5, 5.41) is 0. The van der Waals surface area contributed by atoms with Gasteiger partial charge in [-0.3, -0.25) is 0 Å². The van der Waals surface area contributed by atoms with Gasteiger partial charge in [0.05, 0.1) is 67.9 Å². The summed E-state index contributed by atoms with van der Waals surface area (Å²) in [6, 6.07) is 26.8. The third kappa shape index (κ3) is 11.9. The molecule has 368 valence electrons. The van der Waals surface area contributed by atoms with E-state index in [1.807, 2.05) is 0 Å². The summed E-state index contributed by atoms with van der Waals surface area (Å²) in [6.45, 7) is 12.8. The summed E-state index contributed by atoms with van der Waals surface area (Å²) in [5.41, 5.74) is 16.0. The van der Waals surface area contributed by atoms with Crippen molar-refractivity contribution in [3.63, 3.8) is 0 Å². The summed E-state index contributed by atoms with van der Waals surface area (Å²) in [6.07, 6.45) is 45.0. The van der Waals surface area contributed by atoms with Crippen LogP contribution < -0.4 is 18.3 Å². The molecule has 0 N–H and O–H groups in total. The molecule has 4 aromatic rings. The molecule has 0 saturated carbocycles. The normalized spacial score (nSPS) is 15.9. The van der Waals surface area contributed by atoms with E-state index < -0.39 is 0 Å². The average molecular weight is 957 g/mol. The fraction of sp³-hybridized carbons (Fsp3) is 0.375. The largest absolute Gasteiger partial charge is 0.249 e. The maximum Gasteiger partial charge on any atom is 0.216 e. The number of allylic oxidation sites excluding steroid dienone is 12.